The Bertz CT molecular complexity index is 2120. The number of H-pyrrole nitrogens is 1. The summed E-state index contributed by atoms with van der Waals surface area (Å²) < 4.78 is 0. The number of nitrogens with zero attached hydrogens (tertiary/aromatic N) is 2. The van der Waals surface area contributed by atoms with Gasteiger partial charge in [0, 0.05) is 61.0 Å². The van der Waals surface area contributed by atoms with E-state index in [0.29, 0.717) is 30.6 Å². The van der Waals surface area contributed by atoms with Gasteiger partial charge in [0.05, 0.1) is 0 Å². The summed E-state index contributed by atoms with van der Waals surface area (Å²) in [5.41, 5.74) is 19.2. The van der Waals surface area contributed by atoms with Gasteiger partial charge in [0.2, 0.25) is 41.4 Å². The van der Waals surface area contributed by atoms with E-state index in [1.54, 1.807) is 30.5 Å². The van der Waals surface area contributed by atoms with Gasteiger partial charge in [0.1, 0.15) is 36.3 Å². The SMILES string of the molecule is CCCCCC(=O)N[C@H]1CCSSC[C@@H](C(N)=O)NC(=O)[C@H](Cc2c[nH]c3ccccc23)NC(=O)[C@H](CCCN=C(N)N)NC(=O)[C@@H](Cc2ccccc2)NC(=O)[C@@H]2CCCN2C1=O. The highest BCUT2D eigenvalue weighted by Crippen LogP contribution is 2.26. The minimum absolute atomic E-state index is 0.00773. The summed E-state index contributed by atoms with van der Waals surface area (Å²) in [7, 11) is 2.60. The maximum absolute atomic E-state index is 14.4. The Morgan fingerprint density at radius 2 is 1.48 bits per heavy atom. The number of carbonyl (C=O) groups is 7. The van der Waals surface area contributed by atoms with Crippen LogP contribution in [0.3, 0.4) is 0 Å². The van der Waals surface area contributed by atoms with Crippen LogP contribution in [-0.4, -0.2) is 118 Å². The molecule has 6 atom stereocenters. The zero-order valence-corrected chi connectivity index (χ0v) is 37.8. The van der Waals surface area contributed by atoms with Crippen LogP contribution in [0.5, 0.6) is 0 Å². The first-order valence-corrected chi connectivity index (χ1v) is 24.3. The number of fused-ring (bicyclic) bond motifs is 2. The molecule has 0 unspecified atom stereocenters. The average molecular weight is 920 g/mol. The lowest BCUT2D eigenvalue weighted by molar-refractivity contribution is -0.142. The number of hydrogen-bond donors (Lipinski definition) is 9. The number of unbranched alkanes of at least 4 members (excludes halogenated alkanes) is 2. The summed E-state index contributed by atoms with van der Waals surface area (Å²) in [5, 5.41) is 15.0. The average Bonchev–Trinajstić information content (AvgIpc) is 3.93. The number of rotatable bonds is 14. The molecule has 64 heavy (non-hydrogen) atoms. The molecule has 0 aliphatic carbocycles. The van der Waals surface area contributed by atoms with Gasteiger partial charge in [-0.2, -0.15) is 0 Å². The van der Waals surface area contributed by atoms with Gasteiger partial charge in [-0.05, 0) is 55.7 Å². The van der Waals surface area contributed by atoms with Gasteiger partial charge in [0.15, 0.2) is 5.96 Å². The number of carbonyl (C=O) groups excluding carboxylic acids is 7. The molecule has 2 aliphatic heterocycles. The Labute approximate surface area is 381 Å². The Kier molecular flexibility index (Phi) is 19.2. The molecule has 1 aromatic heterocycles. The van der Waals surface area contributed by atoms with Crippen LogP contribution in [0.2, 0.25) is 0 Å². The first kappa shape index (κ1) is 49.3. The molecule has 7 amide bonds. The number of para-hydroxylation sites is 1. The summed E-state index contributed by atoms with van der Waals surface area (Å²) in [6.45, 7) is 2.44. The highest BCUT2D eigenvalue weighted by molar-refractivity contribution is 8.76. The Hall–Kier alpha value is -5.76. The number of aromatic amines is 1. The third kappa shape index (κ3) is 14.6. The molecule has 0 spiro atoms. The van der Waals surface area contributed by atoms with Gasteiger partial charge in [-0.15, -0.1) is 0 Å². The zero-order chi connectivity index (χ0) is 46.0. The molecular formula is C44H61N11O7S2. The van der Waals surface area contributed by atoms with E-state index in [4.69, 9.17) is 17.2 Å². The number of nitrogens with two attached hydrogens (primary N) is 3. The van der Waals surface area contributed by atoms with Crippen molar-refractivity contribution in [2.24, 2.45) is 22.2 Å². The van der Waals surface area contributed by atoms with E-state index >= 15 is 0 Å². The largest absolute Gasteiger partial charge is 0.370 e. The van der Waals surface area contributed by atoms with Crippen LogP contribution in [0.4, 0.5) is 0 Å². The van der Waals surface area contributed by atoms with Crippen LogP contribution in [0.15, 0.2) is 65.8 Å². The third-order valence-electron chi connectivity index (χ3n) is 11.2. The monoisotopic (exact) mass is 919 g/mol. The molecule has 5 rings (SSSR count). The molecule has 2 fully saturated rings. The quantitative estimate of drug-likeness (QED) is 0.0481. The first-order valence-electron chi connectivity index (χ1n) is 21.8. The molecule has 2 aromatic carbocycles. The molecule has 0 bridgehead atoms. The van der Waals surface area contributed by atoms with E-state index < -0.39 is 71.7 Å². The summed E-state index contributed by atoms with van der Waals surface area (Å²) in [4.78, 5) is 106. The molecule has 20 heteroatoms. The van der Waals surface area contributed by atoms with E-state index in [2.05, 4.69) is 36.6 Å². The second kappa shape index (κ2) is 24.9. The Morgan fingerprint density at radius 3 is 2.23 bits per heavy atom. The van der Waals surface area contributed by atoms with Crippen LogP contribution in [0.25, 0.3) is 10.9 Å². The number of benzene rings is 2. The lowest BCUT2D eigenvalue weighted by Gasteiger charge is -2.30. The van der Waals surface area contributed by atoms with Gasteiger partial charge >= 0.3 is 0 Å². The molecule has 2 aliphatic rings. The normalized spacial score (nSPS) is 23.1. The minimum atomic E-state index is -1.24. The van der Waals surface area contributed by atoms with E-state index in [1.807, 2.05) is 37.3 Å². The number of hydrogen-bond acceptors (Lipinski definition) is 10. The van der Waals surface area contributed by atoms with Crippen molar-refractivity contribution in [1.82, 2.24) is 36.5 Å². The van der Waals surface area contributed by atoms with Crippen LogP contribution < -0.4 is 43.8 Å². The molecule has 346 valence electrons. The fraction of sp³-hybridized carbons (Fsp3) is 0.500. The lowest BCUT2D eigenvalue weighted by atomic mass is 10.0. The molecule has 3 aromatic rings. The van der Waals surface area contributed by atoms with Crippen molar-refractivity contribution < 1.29 is 33.6 Å². The number of amides is 7. The summed E-state index contributed by atoms with van der Waals surface area (Å²) in [6.07, 6.45) is 5.84. The van der Waals surface area contributed by atoms with Gasteiger partial charge in [-0.1, -0.05) is 89.9 Å². The predicted octanol–water partition coefficient (Wildman–Crippen LogP) is 1.27. The van der Waals surface area contributed by atoms with Crippen molar-refractivity contribution in [2.45, 2.75) is 114 Å². The highest BCUT2D eigenvalue weighted by atomic mass is 33.1. The highest BCUT2D eigenvalue weighted by Gasteiger charge is 2.39. The lowest BCUT2D eigenvalue weighted by Crippen LogP contribution is -2.60. The number of nitrogens with one attached hydrogen (secondary N) is 6. The topological polar surface area (TPSA) is 289 Å². The fourth-order valence-electron chi connectivity index (χ4n) is 7.74. The fourth-order valence-corrected chi connectivity index (χ4v) is 10.0. The Balaban J connectivity index is 1.50. The van der Waals surface area contributed by atoms with Crippen molar-refractivity contribution >= 4 is 79.8 Å². The van der Waals surface area contributed by atoms with Crippen LogP contribution in [0.1, 0.15) is 75.8 Å². The summed E-state index contributed by atoms with van der Waals surface area (Å²) in [5.74, 6) is -3.83. The van der Waals surface area contributed by atoms with E-state index in [1.165, 1.54) is 26.5 Å². The zero-order valence-electron chi connectivity index (χ0n) is 36.1. The third-order valence-corrected chi connectivity index (χ3v) is 13.6. The molecule has 12 N–H and O–H groups in total. The second-order valence-electron chi connectivity index (χ2n) is 16.0. The first-order chi connectivity index (χ1) is 30.8. The van der Waals surface area contributed by atoms with Crippen molar-refractivity contribution in [3.05, 3.63) is 71.9 Å². The number of aromatic nitrogens is 1. The maximum atomic E-state index is 14.4. The van der Waals surface area contributed by atoms with Crippen molar-refractivity contribution in [2.75, 3.05) is 24.6 Å². The molecule has 3 heterocycles. The van der Waals surface area contributed by atoms with E-state index in [0.717, 1.165) is 29.3 Å². The van der Waals surface area contributed by atoms with E-state index in [-0.39, 0.29) is 69.2 Å². The van der Waals surface area contributed by atoms with Crippen molar-refractivity contribution in [3.8, 4) is 0 Å². The van der Waals surface area contributed by atoms with Crippen LogP contribution >= 0.6 is 21.6 Å². The standard InChI is InChI=1S/C44H61N11O7S2/c1-2-3-5-18-37(56)50-32-19-22-63-64-26-35(38(45)57)54-41(60)34(24-28-25-49-30-15-9-8-14-29(28)30)52-39(58)31(16-10-20-48-44(46)47)51-40(59)33(23-27-12-6-4-7-13-27)53-42(61)36-17-11-21-55(36)43(32)62/h4,6-9,12-15,25,31-36,49H,2-3,5,10-11,16-24,26H2,1H3,(H2,45,57)(H,50,56)(H,51,59)(H,52,58)(H,53,61)(H,54,60)(H4,46,47,48)/t31-,32-,33+,34-,35-,36-/m0/s1. The molecule has 0 radical (unpaired) electrons. The molecule has 0 saturated carbocycles. The van der Waals surface area contributed by atoms with Crippen LogP contribution in [0, 0.1) is 0 Å². The van der Waals surface area contributed by atoms with Gasteiger partial charge in [-0.25, -0.2) is 0 Å². The van der Waals surface area contributed by atoms with E-state index in [9.17, 15) is 33.6 Å². The van der Waals surface area contributed by atoms with Gasteiger partial charge in [0.25, 0.3) is 0 Å². The molecule has 2 saturated heterocycles. The smallest absolute Gasteiger partial charge is 0.245 e. The summed E-state index contributed by atoms with van der Waals surface area (Å²) in [6, 6.07) is 9.82. The molecule has 18 nitrogen and oxygen atoms in total. The minimum Gasteiger partial charge on any atom is -0.370 e. The summed E-state index contributed by atoms with van der Waals surface area (Å²) >= 11 is 0. The van der Waals surface area contributed by atoms with Crippen molar-refractivity contribution in [1.29, 1.82) is 0 Å². The van der Waals surface area contributed by atoms with Crippen molar-refractivity contribution in [3.63, 3.8) is 0 Å². The number of guanidine groups is 1. The second-order valence-corrected chi connectivity index (χ2v) is 18.6. The maximum Gasteiger partial charge on any atom is 0.245 e. The van der Waals surface area contributed by atoms with Gasteiger partial charge < -0.3 is 53.7 Å². The number of primary amides is 1. The molecular weight excluding hydrogens is 859 g/mol. The number of aliphatic imine (C=N–C) groups is 1. The van der Waals surface area contributed by atoms with Crippen LogP contribution in [-0.2, 0) is 46.4 Å². The van der Waals surface area contributed by atoms with Gasteiger partial charge in [-0.3, -0.25) is 38.6 Å². The predicted molar refractivity (Wildman–Crippen MR) is 249 cm³/mol. The Morgan fingerprint density at radius 1 is 0.797 bits per heavy atom.